The van der Waals surface area contributed by atoms with E-state index in [4.69, 9.17) is 0 Å². The zero-order valence-electron chi connectivity index (χ0n) is 11.3. The number of carbonyl (C=O) groups is 2. The van der Waals surface area contributed by atoms with Crippen molar-refractivity contribution in [3.8, 4) is 0 Å². The highest BCUT2D eigenvalue weighted by atomic mass is 16.4. The predicted octanol–water partition coefficient (Wildman–Crippen LogP) is 1.77. The van der Waals surface area contributed by atoms with Crippen LogP contribution in [-0.4, -0.2) is 27.5 Å². The van der Waals surface area contributed by atoms with Gasteiger partial charge >= 0.3 is 5.97 Å². The van der Waals surface area contributed by atoms with Gasteiger partial charge in [0.15, 0.2) is 0 Å². The summed E-state index contributed by atoms with van der Waals surface area (Å²) in [6.45, 7) is 3.53. The summed E-state index contributed by atoms with van der Waals surface area (Å²) in [6.07, 6.45) is 4.95. The molecule has 0 aliphatic heterocycles. The fourth-order valence-corrected chi connectivity index (χ4v) is 1.92. The molecular weight excluding hydrogens is 244 g/mol. The van der Waals surface area contributed by atoms with Crippen LogP contribution in [0.15, 0.2) is 24.5 Å². The van der Waals surface area contributed by atoms with Crippen molar-refractivity contribution in [2.45, 2.75) is 45.1 Å². The van der Waals surface area contributed by atoms with Gasteiger partial charge in [-0.25, -0.2) is 4.79 Å². The fourth-order valence-electron chi connectivity index (χ4n) is 1.92. The summed E-state index contributed by atoms with van der Waals surface area (Å²) in [7, 11) is 0. The molecule has 0 unspecified atom stereocenters. The first kappa shape index (κ1) is 15.1. The number of hydrogen-bond donors (Lipinski definition) is 2. The Morgan fingerprint density at radius 2 is 1.84 bits per heavy atom. The monoisotopic (exact) mass is 264 g/mol. The zero-order chi connectivity index (χ0) is 14.3. The second-order valence-corrected chi connectivity index (χ2v) is 4.50. The predicted molar refractivity (Wildman–Crippen MR) is 71.6 cm³/mol. The normalized spacial score (nSPS) is 11.1. The third-order valence-corrected chi connectivity index (χ3v) is 3.39. The number of nitrogens with one attached hydrogen (secondary N) is 1. The van der Waals surface area contributed by atoms with Gasteiger partial charge in [-0.05, 0) is 37.0 Å². The molecule has 0 bridgehead atoms. The number of amides is 1. The number of carbonyl (C=O) groups excluding carboxylic acids is 1. The topological polar surface area (TPSA) is 79.3 Å². The van der Waals surface area contributed by atoms with E-state index < -0.39 is 11.5 Å². The molecule has 0 aliphatic carbocycles. The molecule has 1 aromatic rings. The lowest BCUT2D eigenvalue weighted by molar-refractivity contribution is -0.148. The molecule has 2 N–H and O–H groups in total. The second-order valence-electron chi connectivity index (χ2n) is 4.50. The Hall–Kier alpha value is -1.91. The van der Waals surface area contributed by atoms with Gasteiger partial charge in [-0.3, -0.25) is 9.78 Å². The van der Waals surface area contributed by atoms with Crippen molar-refractivity contribution in [2.75, 3.05) is 0 Å². The first-order chi connectivity index (χ1) is 9.04. The van der Waals surface area contributed by atoms with E-state index in [1.54, 1.807) is 26.2 Å². The summed E-state index contributed by atoms with van der Waals surface area (Å²) < 4.78 is 0. The van der Waals surface area contributed by atoms with Crippen molar-refractivity contribution in [3.63, 3.8) is 0 Å². The zero-order valence-corrected chi connectivity index (χ0v) is 11.3. The molecule has 0 aromatic carbocycles. The Balaban J connectivity index is 2.57. The number of nitrogens with zero attached hydrogens (tertiary/aromatic N) is 1. The summed E-state index contributed by atoms with van der Waals surface area (Å²) in [5.41, 5.74) is -0.130. The molecule has 1 aromatic heterocycles. The number of carboxylic acids is 1. The molecule has 0 saturated heterocycles. The quantitative estimate of drug-likeness (QED) is 0.786. The highest BCUT2D eigenvalue weighted by Gasteiger charge is 2.36. The number of rotatable bonds is 7. The Labute approximate surface area is 113 Å². The minimum absolute atomic E-state index is 0.233. The molecule has 104 valence electrons. The molecule has 5 heteroatoms. The van der Waals surface area contributed by atoms with E-state index in [-0.39, 0.29) is 12.3 Å². The van der Waals surface area contributed by atoms with Crippen LogP contribution < -0.4 is 5.32 Å². The standard InChI is InChI=1S/C14H20N2O3/c1-3-14(4-2,13(18)19)16-12(17)6-5-11-7-9-15-10-8-11/h7-10H,3-6H2,1-2H3,(H,16,17)(H,18,19). The van der Waals surface area contributed by atoms with Crippen molar-refractivity contribution in [2.24, 2.45) is 0 Å². The van der Waals surface area contributed by atoms with E-state index in [0.717, 1.165) is 5.56 Å². The van der Waals surface area contributed by atoms with E-state index in [1.807, 2.05) is 12.1 Å². The molecule has 1 rings (SSSR count). The van der Waals surface area contributed by atoms with Crippen LogP contribution >= 0.6 is 0 Å². The van der Waals surface area contributed by atoms with Crippen molar-refractivity contribution >= 4 is 11.9 Å². The van der Waals surface area contributed by atoms with Crippen molar-refractivity contribution in [3.05, 3.63) is 30.1 Å². The van der Waals surface area contributed by atoms with E-state index in [2.05, 4.69) is 10.3 Å². The highest BCUT2D eigenvalue weighted by molar-refractivity contribution is 5.87. The van der Waals surface area contributed by atoms with Crippen LogP contribution in [0.5, 0.6) is 0 Å². The molecule has 0 radical (unpaired) electrons. The third kappa shape index (κ3) is 4.05. The van der Waals surface area contributed by atoms with Crippen LogP contribution in [-0.2, 0) is 16.0 Å². The summed E-state index contributed by atoms with van der Waals surface area (Å²) in [6, 6.07) is 3.69. The van der Waals surface area contributed by atoms with Gasteiger partial charge in [-0.1, -0.05) is 13.8 Å². The lowest BCUT2D eigenvalue weighted by Crippen LogP contribution is -2.53. The van der Waals surface area contributed by atoms with Crippen LogP contribution in [0, 0.1) is 0 Å². The van der Waals surface area contributed by atoms with Crippen LogP contribution in [0.2, 0.25) is 0 Å². The summed E-state index contributed by atoms with van der Waals surface area (Å²) in [5, 5.41) is 11.9. The van der Waals surface area contributed by atoms with Crippen molar-refractivity contribution in [1.82, 2.24) is 10.3 Å². The van der Waals surface area contributed by atoms with Gasteiger partial charge in [0.25, 0.3) is 0 Å². The lowest BCUT2D eigenvalue weighted by atomic mass is 9.92. The lowest BCUT2D eigenvalue weighted by Gasteiger charge is -2.28. The van der Waals surface area contributed by atoms with Crippen LogP contribution in [0.25, 0.3) is 0 Å². The average Bonchev–Trinajstić information content (AvgIpc) is 2.43. The number of carboxylic acid groups (broad SMARTS) is 1. The molecule has 0 saturated carbocycles. The molecule has 5 nitrogen and oxygen atoms in total. The Morgan fingerprint density at radius 1 is 1.26 bits per heavy atom. The van der Waals surface area contributed by atoms with Gasteiger partial charge in [0.05, 0.1) is 0 Å². The molecule has 1 amide bonds. The molecule has 0 atom stereocenters. The van der Waals surface area contributed by atoms with E-state index >= 15 is 0 Å². The van der Waals surface area contributed by atoms with Gasteiger partial charge in [0, 0.05) is 18.8 Å². The second kappa shape index (κ2) is 6.87. The van der Waals surface area contributed by atoms with Crippen LogP contribution in [0.1, 0.15) is 38.7 Å². The largest absolute Gasteiger partial charge is 0.480 e. The van der Waals surface area contributed by atoms with Crippen molar-refractivity contribution in [1.29, 1.82) is 0 Å². The number of aliphatic carboxylic acids is 1. The van der Waals surface area contributed by atoms with Crippen LogP contribution in [0.3, 0.4) is 0 Å². The SMILES string of the molecule is CCC(CC)(NC(=O)CCc1ccncc1)C(=O)O. The molecular formula is C14H20N2O3. The first-order valence-corrected chi connectivity index (χ1v) is 6.47. The Kier molecular flexibility index (Phi) is 5.48. The molecule has 0 fully saturated rings. The maximum Gasteiger partial charge on any atom is 0.329 e. The number of pyridine rings is 1. The number of hydrogen-bond acceptors (Lipinski definition) is 3. The maximum atomic E-state index is 11.9. The molecule has 0 spiro atoms. The van der Waals surface area contributed by atoms with E-state index in [0.29, 0.717) is 19.3 Å². The first-order valence-electron chi connectivity index (χ1n) is 6.47. The van der Waals surface area contributed by atoms with Gasteiger partial charge in [-0.2, -0.15) is 0 Å². The van der Waals surface area contributed by atoms with E-state index in [9.17, 15) is 14.7 Å². The van der Waals surface area contributed by atoms with Crippen molar-refractivity contribution < 1.29 is 14.7 Å². The van der Waals surface area contributed by atoms with Gasteiger partial charge < -0.3 is 10.4 Å². The van der Waals surface area contributed by atoms with E-state index in [1.165, 1.54) is 0 Å². The minimum Gasteiger partial charge on any atom is -0.480 e. The Morgan fingerprint density at radius 3 is 2.32 bits per heavy atom. The van der Waals surface area contributed by atoms with Gasteiger partial charge in [0.1, 0.15) is 5.54 Å². The smallest absolute Gasteiger partial charge is 0.329 e. The summed E-state index contributed by atoms with van der Waals surface area (Å²) in [5.74, 6) is -1.21. The summed E-state index contributed by atoms with van der Waals surface area (Å²) >= 11 is 0. The number of aryl methyl sites for hydroxylation is 1. The fraction of sp³-hybridized carbons (Fsp3) is 0.500. The third-order valence-electron chi connectivity index (χ3n) is 3.39. The maximum absolute atomic E-state index is 11.9. The molecule has 1 heterocycles. The van der Waals surface area contributed by atoms with Gasteiger partial charge in [0.2, 0.25) is 5.91 Å². The highest BCUT2D eigenvalue weighted by Crippen LogP contribution is 2.16. The minimum atomic E-state index is -1.14. The van der Waals surface area contributed by atoms with Crippen LogP contribution in [0.4, 0.5) is 0 Å². The summed E-state index contributed by atoms with van der Waals surface area (Å²) in [4.78, 5) is 27.0. The van der Waals surface area contributed by atoms with Gasteiger partial charge in [-0.15, -0.1) is 0 Å². The molecule has 19 heavy (non-hydrogen) atoms. The number of aromatic nitrogens is 1. The Bertz CT molecular complexity index is 428. The molecule has 0 aliphatic rings. The average molecular weight is 264 g/mol.